The van der Waals surface area contributed by atoms with Crippen molar-refractivity contribution in [2.75, 3.05) is 0 Å². The van der Waals surface area contributed by atoms with Crippen LogP contribution in [-0.2, 0) is 12.8 Å². The third-order valence-corrected chi connectivity index (χ3v) is 3.01. The minimum atomic E-state index is -0.995. The first-order valence-electron chi connectivity index (χ1n) is 6.19. The Bertz CT molecular complexity index is 752. The highest BCUT2D eigenvalue weighted by Crippen LogP contribution is 2.12. The molecule has 20 heavy (non-hydrogen) atoms. The number of carbonyl (C=O) groups is 1. The lowest BCUT2D eigenvalue weighted by Crippen LogP contribution is -1.96. The van der Waals surface area contributed by atoms with Gasteiger partial charge in [0.1, 0.15) is 5.82 Å². The van der Waals surface area contributed by atoms with Gasteiger partial charge in [0.15, 0.2) is 5.65 Å². The molecule has 0 aliphatic rings. The van der Waals surface area contributed by atoms with Gasteiger partial charge >= 0.3 is 5.97 Å². The van der Waals surface area contributed by atoms with Crippen LogP contribution in [0.5, 0.6) is 0 Å². The van der Waals surface area contributed by atoms with E-state index in [2.05, 4.69) is 19.9 Å². The van der Waals surface area contributed by atoms with Crippen molar-refractivity contribution in [1.82, 2.24) is 19.9 Å². The molecule has 0 atom stereocenters. The van der Waals surface area contributed by atoms with E-state index in [1.165, 1.54) is 6.20 Å². The first-order valence-corrected chi connectivity index (χ1v) is 6.19. The highest BCUT2D eigenvalue weighted by atomic mass is 16.4. The quantitative estimate of drug-likeness (QED) is 0.753. The third kappa shape index (κ3) is 2.49. The van der Waals surface area contributed by atoms with Gasteiger partial charge in [0, 0.05) is 25.0 Å². The van der Waals surface area contributed by atoms with Crippen LogP contribution in [0.3, 0.4) is 0 Å². The fourth-order valence-corrected chi connectivity index (χ4v) is 1.99. The standard InChI is InChI=1S/C14H12N4O2/c19-14(20)10-6-11-13(16-8-10)18-12(17-11)4-3-9-2-1-5-15-7-9/h1-2,5-8H,3-4H2,(H,19,20)(H,16,17,18). The van der Waals surface area contributed by atoms with Crippen molar-refractivity contribution in [2.24, 2.45) is 0 Å². The first-order chi connectivity index (χ1) is 9.72. The van der Waals surface area contributed by atoms with Crippen molar-refractivity contribution in [2.45, 2.75) is 12.8 Å². The smallest absolute Gasteiger partial charge is 0.337 e. The number of rotatable bonds is 4. The maximum absolute atomic E-state index is 10.9. The summed E-state index contributed by atoms with van der Waals surface area (Å²) in [6, 6.07) is 5.45. The van der Waals surface area contributed by atoms with Gasteiger partial charge in [-0.2, -0.15) is 0 Å². The topological polar surface area (TPSA) is 91.8 Å². The molecule has 0 aliphatic carbocycles. The molecule has 0 bridgehead atoms. The minimum absolute atomic E-state index is 0.153. The zero-order chi connectivity index (χ0) is 13.9. The van der Waals surface area contributed by atoms with Crippen LogP contribution in [0.15, 0.2) is 36.8 Å². The lowest BCUT2D eigenvalue weighted by molar-refractivity contribution is 0.0696. The number of aromatic amines is 1. The van der Waals surface area contributed by atoms with E-state index < -0.39 is 5.97 Å². The molecule has 3 aromatic heterocycles. The molecule has 2 N–H and O–H groups in total. The monoisotopic (exact) mass is 268 g/mol. The summed E-state index contributed by atoms with van der Waals surface area (Å²) < 4.78 is 0. The van der Waals surface area contributed by atoms with Crippen molar-refractivity contribution in [1.29, 1.82) is 0 Å². The lowest BCUT2D eigenvalue weighted by Gasteiger charge is -1.97. The highest BCUT2D eigenvalue weighted by Gasteiger charge is 2.08. The molecule has 0 unspecified atom stereocenters. The molecular weight excluding hydrogens is 256 g/mol. The molecule has 6 nitrogen and oxygen atoms in total. The lowest BCUT2D eigenvalue weighted by atomic mass is 10.1. The van der Waals surface area contributed by atoms with Crippen LogP contribution in [0.4, 0.5) is 0 Å². The number of imidazole rings is 1. The van der Waals surface area contributed by atoms with Crippen LogP contribution in [0.2, 0.25) is 0 Å². The van der Waals surface area contributed by atoms with Crippen molar-refractivity contribution < 1.29 is 9.90 Å². The van der Waals surface area contributed by atoms with E-state index in [4.69, 9.17) is 5.11 Å². The van der Waals surface area contributed by atoms with Crippen LogP contribution in [0.25, 0.3) is 11.2 Å². The largest absolute Gasteiger partial charge is 0.478 e. The average Bonchev–Trinajstić information content (AvgIpc) is 2.88. The van der Waals surface area contributed by atoms with Crippen molar-refractivity contribution in [3.8, 4) is 0 Å². The second kappa shape index (κ2) is 5.08. The Morgan fingerprint density at radius 3 is 2.95 bits per heavy atom. The Labute approximate surface area is 114 Å². The summed E-state index contributed by atoms with van der Waals surface area (Å²) >= 11 is 0. The maximum atomic E-state index is 10.9. The third-order valence-electron chi connectivity index (χ3n) is 3.01. The summed E-state index contributed by atoms with van der Waals surface area (Å²) in [5.41, 5.74) is 2.47. The predicted octanol–water partition coefficient (Wildman–Crippen LogP) is 1.84. The fraction of sp³-hybridized carbons (Fsp3) is 0.143. The Balaban J connectivity index is 1.80. The summed E-state index contributed by atoms with van der Waals surface area (Å²) in [6.07, 6.45) is 6.42. The van der Waals surface area contributed by atoms with E-state index in [1.807, 2.05) is 18.3 Å². The summed E-state index contributed by atoms with van der Waals surface area (Å²) in [7, 11) is 0. The molecule has 0 fully saturated rings. The average molecular weight is 268 g/mol. The second-order valence-corrected chi connectivity index (χ2v) is 4.45. The van der Waals surface area contributed by atoms with Gasteiger partial charge in [0.05, 0.1) is 11.1 Å². The normalized spacial score (nSPS) is 10.8. The van der Waals surface area contributed by atoms with Gasteiger partial charge in [-0.05, 0) is 24.1 Å². The summed E-state index contributed by atoms with van der Waals surface area (Å²) in [4.78, 5) is 26.4. The Morgan fingerprint density at radius 2 is 2.20 bits per heavy atom. The van der Waals surface area contributed by atoms with Crippen molar-refractivity contribution in [3.05, 3.63) is 53.7 Å². The SMILES string of the molecule is O=C(O)c1cnc2nc(CCc3cccnc3)[nH]c2c1. The molecule has 0 amide bonds. The van der Waals surface area contributed by atoms with Crippen LogP contribution >= 0.6 is 0 Å². The van der Waals surface area contributed by atoms with E-state index >= 15 is 0 Å². The Kier molecular flexibility index (Phi) is 3.12. The summed E-state index contributed by atoms with van der Waals surface area (Å²) in [5, 5.41) is 8.92. The number of nitrogens with zero attached hydrogens (tertiary/aromatic N) is 3. The van der Waals surface area contributed by atoms with Gasteiger partial charge in [-0.25, -0.2) is 14.8 Å². The number of hydrogen-bond donors (Lipinski definition) is 2. The van der Waals surface area contributed by atoms with Crippen molar-refractivity contribution >= 4 is 17.1 Å². The molecule has 3 heterocycles. The van der Waals surface area contributed by atoms with E-state index in [0.29, 0.717) is 11.2 Å². The predicted molar refractivity (Wildman–Crippen MR) is 72.5 cm³/mol. The summed E-state index contributed by atoms with van der Waals surface area (Å²) in [6.45, 7) is 0. The molecule has 0 spiro atoms. The molecule has 0 aromatic carbocycles. The number of hydrogen-bond acceptors (Lipinski definition) is 4. The molecule has 0 aliphatic heterocycles. The first kappa shape index (κ1) is 12.3. The highest BCUT2D eigenvalue weighted by molar-refractivity contribution is 5.90. The fourth-order valence-electron chi connectivity index (χ4n) is 1.99. The van der Waals surface area contributed by atoms with E-state index in [9.17, 15) is 4.79 Å². The minimum Gasteiger partial charge on any atom is -0.478 e. The molecular formula is C14H12N4O2. The number of nitrogens with one attached hydrogen (secondary N) is 1. The Hall–Kier alpha value is -2.76. The number of pyridine rings is 2. The number of H-pyrrole nitrogens is 1. The van der Waals surface area contributed by atoms with Crippen LogP contribution in [0.1, 0.15) is 21.7 Å². The zero-order valence-corrected chi connectivity index (χ0v) is 10.6. The number of aryl methyl sites for hydroxylation is 2. The van der Waals surface area contributed by atoms with Crippen LogP contribution in [-0.4, -0.2) is 31.0 Å². The molecule has 0 radical (unpaired) electrons. The van der Waals surface area contributed by atoms with Crippen LogP contribution < -0.4 is 0 Å². The molecule has 3 aromatic rings. The zero-order valence-electron chi connectivity index (χ0n) is 10.6. The second-order valence-electron chi connectivity index (χ2n) is 4.45. The van der Waals surface area contributed by atoms with E-state index in [0.717, 1.165) is 24.2 Å². The summed E-state index contributed by atoms with van der Waals surface area (Å²) in [5.74, 6) is -0.204. The van der Waals surface area contributed by atoms with Crippen LogP contribution in [0, 0.1) is 0 Å². The number of carboxylic acids is 1. The van der Waals surface area contributed by atoms with Gasteiger partial charge in [-0.1, -0.05) is 6.07 Å². The van der Waals surface area contributed by atoms with Crippen molar-refractivity contribution in [3.63, 3.8) is 0 Å². The van der Waals surface area contributed by atoms with Gasteiger partial charge in [-0.3, -0.25) is 4.98 Å². The number of fused-ring (bicyclic) bond motifs is 1. The maximum Gasteiger partial charge on any atom is 0.337 e. The number of carboxylic acid groups (broad SMARTS) is 1. The van der Waals surface area contributed by atoms with Gasteiger partial charge in [0.25, 0.3) is 0 Å². The molecule has 100 valence electrons. The number of aromatic nitrogens is 4. The van der Waals surface area contributed by atoms with E-state index in [1.54, 1.807) is 12.3 Å². The molecule has 0 saturated carbocycles. The number of aromatic carboxylic acids is 1. The molecule has 3 rings (SSSR count). The van der Waals surface area contributed by atoms with Gasteiger partial charge < -0.3 is 10.1 Å². The van der Waals surface area contributed by atoms with Gasteiger partial charge in [-0.15, -0.1) is 0 Å². The van der Waals surface area contributed by atoms with Gasteiger partial charge in [0.2, 0.25) is 0 Å². The molecule has 6 heteroatoms. The Morgan fingerprint density at radius 1 is 1.30 bits per heavy atom. The molecule has 0 saturated heterocycles. The van der Waals surface area contributed by atoms with E-state index in [-0.39, 0.29) is 5.56 Å².